The topological polar surface area (TPSA) is 0 Å². The highest BCUT2D eigenvalue weighted by atomic mass is 79.9. The molecule has 2 bridgehead atoms. The molecule has 15 heavy (non-hydrogen) atoms. The Morgan fingerprint density at radius 1 is 1.40 bits per heavy atom. The van der Waals surface area contributed by atoms with E-state index in [0.29, 0.717) is 5.41 Å². The predicted octanol–water partition coefficient (Wildman–Crippen LogP) is 5.01. The standard InChI is InChI=1S/C14H25Br/c1-3-4-11(2)8-14(10-15)9-12-5-6-13(14)7-12/h11-13H,3-10H2,1-2H3. The number of halogens is 1. The molecule has 0 aromatic carbocycles. The van der Waals surface area contributed by atoms with Crippen molar-refractivity contribution in [3.63, 3.8) is 0 Å². The van der Waals surface area contributed by atoms with E-state index in [2.05, 4.69) is 29.8 Å². The number of fused-ring (bicyclic) bond motifs is 2. The number of rotatable bonds is 5. The molecule has 0 radical (unpaired) electrons. The van der Waals surface area contributed by atoms with E-state index >= 15 is 0 Å². The molecular formula is C14H25Br. The minimum absolute atomic E-state index is 0.692. The lowest BCUT2D eigenvalue weighted by atomic mass is 9.69. The molecule has 2 saturated carbocycles. The van der Waals surface area contributed by atoms with Gasteiger partial charge < -0.3 is 0 Å². The van der Waals surface area contributed by atoms with Gasteiger partial charge in [0.15, 0.2) is 0 Å². The maximum Gasteiger partial charge on any atom is 0.00908 e. The molecule has 88 valence electrons. The van der Waals surface area contributed by atoms with Crippen molar-refractivity contribution in [3.8, 4) is 0 Å². The van der Waals surface area contributed by atoms with Crippen LogP contribution in [-0.4, -0.2) is 5.33 Å². The first-order chi connectivity index (χ1) is 7.20. The smallest absolute Gasteiger partial charge is 0.00908 e. The Kier molecular flexibility index (Phi) is 3.80. The highest BCUT2D eigenvalue weighted by molar-refractivity contribution is 9.09. The molecule has 0 saturated heterocycles. The fourth-order valence-electron chi connectivity index (χ4n) is 4.32. The number of hydrogen-bond acceptors (Lipinski definition) is 0. The minimum Gasteiger partial charge on any atom is -0.0922 e. The van der Waals surface area contributed by atoms with E-state index in [4.69, 9.17) is 0 Å². The SMILES string of the molecule is CCCC(C)CC1(CBr)CC2CCC1C2. The van der Waals surface area contributed by atoms with E-state index in [0.717, 1.165) is 17.8 Å². The van der Waals surface area contributed by atoms with E-state index in [1.54, 1.807) is 6.42 Å². The lowest BCUT2D eigenvalue weighted by molar-refractivity contribution is 0.151. The molecule has 2 fully saturated rings. The number of hydrogen-bond donors (Lipinski definition) is 0. The molecule has 0 N–H and O–H groups in total. The third-order valence-corrected chi connectivity index (χ3v) is 6.02. The quantitative estimate of drug-likeness (QED) is 0.617. The Labute approximate surface area is 103 Å². The van der Waals surface area contributed by atoms with Gasteiger partial charge in [0, 0.05) is 5.33 Å². The van der Waals surface area contributed by atoms with Gasteiger partial charge in [-0.3, -0.25) is 0 Å². The first kappa shape index (κ1) is 12.0. The molecule has 0 amide bonds. The number of alkyl halides is 1. The average molecular weight is 273 g/mol. The van der Waals surface area contributed by atoms with Gasteiger partial charge in [0.1, 0.15) is 0 Å². The van der Waals surface area contributed by atoms with Crippen molar-refractivity contribution in [2.75, 3.05) is 5.33 Å². The summed E-state index contributed by atoms with van der Waals surface area (Å²) in [6, 6.07) is 0. The van der Waals surface area contributed by atoms with Crippen molar-refractivity contribution < 1.29 is 0 Å². The second-order valence-corrected chi connectivity index (χ2v) is 6.73. The van der Waals surface area contributed by atoms with Gasteiger partial charge in [0.05, 0.1) is 0 Å². The van der Waals surface area contributed by atoms with Crippen LogP contribution in [0.5, 0.6) is 0 Å². The molecule has 0 nitrogen and oxygen atoms in total. The molecule has 0 spiro atoms. The monoisotopic (exact) mass is 272 g/mol. The summed E-state index contributed by atoms with van der Waals surface area (Å²) in [7, 11) is 0. The predicted molar refractivity (Wildman–Crippen MR) is 70.4 cm³/mol. The van der Waals surface area contributed by atoms with Crippen LogP contribution in [0.1, 0.15) is 58.8 Å². The normalized spacial score (nSPS) is 41.0. The second kappa shape index (κ2) is 4.77. The van der Waals surface area contributed by atoms with Crippen molar-refractivity contribution >= 4 is 15.9 Å². The van der Waals surface area contributed by atoms with Gasteiger partial charge in [-0.15, -0.1) is 0 Å². The van der Waals surface area contributed by atoms with Crippen LogP contribution in [0.2, 0.25) is 0 Å². The third kappa shape index (κ3) is 2.28. The summed E-state index contributed by atoms with van der Waals surface area (Å²) in [5, 5.41) is 1.26. The van der Waals surface area contributed by atoms with E-state index < -0.39 is 0 Å². The van der Waals surface area contributed by atoms with Crippen molar-refractivity contribution in [3.05, 3.63) is 0 Å². The fraction of sp³-hybridized carbons (Fsp3) is 1.00. The van der Waals surface area contributed by atoms with Crippen molar-refractivity contribution in [1.82, 2.24) is 0 Å². The van der Waals surface area contributed by atoms with E-state index in [1.807, 2.05) is 0 Å². The van der Waals surface area contributed by atoms with Gasteiger partial charge in [0.25, 0.3) is 0 Å². The fourth-order valence-corrected chi connectivity index (χ4v) is 5.23. The van der Waals surface area contributed by atoms with E-state index in [9.17, 15) is 0 Å². The highest BCUT2D eigenvalue weighted by Crippen LogP contribution is 2.59. The molecule has 4 atom stereocenters. The summed E-state index contributed by atoms with van der Waals surface area (Å²) in [4.78, 5) is 0. The van der Waals surface area contributed by atoms with Crippen molar-refractivity contribution in [2.24, 2.45) is 23.2 Å². The molecule has 0 aromatic rings. The summed E-state index contributed by atoms with van der Waals surface area (Å²) in [6.07, 6.45) is 10.4. The molecule has 4 unspecified atom stereocenters. The second-order valence-electron chi connectivity index (χ2n) is 6.17. The van der Waals surface area contributed by atoms with Gasteiger partial charge in [0.2, 0.25) is 0 Å². The van der Waals surface area contributed by atoms with Gasteiger partial charge in [-0.1, -0.05) is 49.0 Å². The summed E-state index contributed by atoms with van der Waals surface area (Å²) < 4.78 is 0. The summed E-state index contributed by atoms with van der Waals surface area (Å²) in [6.45, 7) is 4.78. The average Bonchev–Trinajstić information content (AvgIpc) is 2.78. The molecule has 2 rings (SSSR count). The molecule has 0 aromatic heterocycles. The summed E-state index contributed by atoms with van der Waals surface area (Å²) in [5.41, 5.74) is 0.692. The molecule has 2 aliphatic carbocycles. The van der Waals surface area contributed by atoms with Crippen LogP contribution in [0.4, 0.5) is 0 Å². The molecule has 0 aliphatic heterocycles. The minimum atomic E-state index is 0.692. The Balaban J connectivity index is 1.97. The maximum atomic E-state index is 3.81. The zero-order chi connectivity index (χ0) is 10.9. The largest absolute Gasteiger partial charge is 0.0922 e. The van der Waals surface area contributed by atoms with Crippen LogP contribution in [0.3, 0.4) is 0 Å². The Morgan fingerprint density at radius 3 is 2.67 bits per heavy atom. The summed E-state index contributed by atoms with van der Waals surface area (Å²) in [5.74, 6) is 3.08. The molecular weight excluding hydrogens is 248 g/mol. The zero-order valence-electron chi connectivity index (χ0n) is 10.3. The van der Waals surface area contributed by atoms with Crippen LogP contribution < -0.4 is 0 Å². The van der Waals surface area contributed by atoms with Crippen molar-refractivity contribution in [1.29, 1.82) is 0 Å². The van der Waals surface area contributed by atoms with E-state index in [1.165, 1.54) is 43.9 Å². The first-order valence-corrected chi connectivity index (χ1v) is 7.88. The molecule has 0 heterocycles. The van der Waals surface area contributed by atoms with Crippen LogP contribution in [0, 0.1) is 23.2 Å². The molecule has 2 aliphatic rings. The van der Waals surface area contributed by atoms with Gasteiger partial charge >= 0.3 is 0 Å². The third-order valence-electron chi connectivity index (χ3n) is 4.91. The van der Waals surface area contributed by atoms with Crippen molar-refractivity contribution in [2.45, 2.75) is 58.8 Å². The van der Waals surface area contributed by atoms with Crippen LogP contribution in [0.15, 0.2) is 0 Å². The highest BCUT2D eigenvalue weighted by Gasteiger charge is 2.50. The lowest BCUT2D eigenvalue weighted by Crippen LogP contribution is -2.31. The van der Waals surface area contributed by atoms with Crippen LogP contribution in [-0.2, 0) is 0 Å². The van der Waals surface area contributed by atoms with Crippen LogP contribution in [0.25, 0.3) is 0 Å². The maximum absolute atomic E-state index is 3.81. The Bertz CT molecular complexity index is 213. The Morgan fingerprint density at radius 2 is 2.20 bits per heavy atom. The molecule has 1 heteroatoms. The summed E-state index contributed by atoms with van der Waals surface area (Å²) >= 11 is 3.81. The zero-order valence-corrected chi connectivity index (χ0v) is 11.9. The first-order valence-electron chi connectivity index (χ1n) is 6.76. The lowest BCUT2D eigenvalue weighted by Gasteiger charge is -2.38. The Hall–Kier alpha value is 0.480. The van der Waals surface area contributed by atoms with E-state index in [-0.39, 0.29) is 0 Å². The van der Waals surface area contributed by atoms with Crippen LogP contribution >= 0.6 is 15.9 Å². The van der Waals surface area contributed by atoms with Gasteiger partial charge in [-0.05, 0) is 48.9 Å². The van der Waals surface area contributed by atoms with Gasteiger partial charge in [-0.2, -0.15) is 0 Å². The van der Waals surface area contributed by atoms with Gasteiger partial charge in [-0.25, -0.2) is 0 Å².